The molecular weight excluding hydrogens is 264 g/mol. The fourth-order valence-electron chi connectivity index (χ4n) is 2.51. The van der Waals surface area contributed by atoms with Gasteiger partial charge < -0.3 is 5.32 Å². The minimum absolute atomic E-state index is 0.337. The molecule has 2 rings (SSSR count). The zero-order chi connectivity index (χ0) is 14.5. The number of nitrogens with zero attached hydrogens (tertiary/aromatic N) is 1. The van der Waals surface area contributed by atoms with Gasteiger partial charge in [0.2, 0.25) is 0 Å². The van der Waals surface area contributed by atoms with E-state index in [-0.39, 0.29) is 0 Å². The van der Waals surface area contributed by atoms with Crippen molar-refractivity contribution in [3.05, 3.63) is 51.5 Å². The summed E-state index contributed by atoms with van der Waals surface area (Å²) in [7, 11) is 2.03. The van der Waals surface area contributed by atoms with E-state index in [1.165, 1.54) is 16.8 Å². The number of aryl methyl sites for hydroxylation is 1. The summed E-state index contributed by atoms with van der Waals surface area (Å²) in [5.74, 6) is 0.694. The van der Waals surface area contributed by atoms with Crippen LogP contribution >= 0.6 is 11.3 Å². The van der Waals surface area contributed by atoms with Crippen LogP contribution in [0.4, 0.5) is 0 Å². The van der Waals surface area contributed by atoms with Crippen LogP contribution in [0.15, 0.2) is 29.6 Å². The van der Waals surface area contributed by atoms with Crippen LogP contribution in [-0.2, 0) is 12.8 Å². The van der Waals surface area contributed by atoms with Crippen molar-refractivity contribution >= 4 is 11.3 Å². The Hall–Kier alpha value is -1.19. The zero-order valence-electron chi connectivity index (χ0n) is 12.8. The second-order valence-corrected chi connectivity index (χ2v) is 6.81. The molecule has 3 heteroatoms. The van der Waals surface area contributed by atoms with Gasteiger partial charge in [0.05, 0.1) is 10.7 Å². The number of aromatic nitrogens is 1. The average molecular weight is 288 g/mol. The van der Waals surface area contributed by atoms with Crippen LogP contribution in [-0.4, -0.2) is 12.0 Å². The normalized spacial score (nSPS) is 12.8. The van der Waals surface area contributed by atoms with Gasteiger partial charge in [0.1, 0.15) is 0 Å². The van der Waals surface area contributed by atoms with Crippen molar-refractivity contribution in [1.82, 2.24) is 10.3 Å². The molecule has 0 aliphatic rings. The molecule has 20 heavy (non-hydrogen) atoms. The first-order valence-electron chi connectivity index (χ1n) is 7.25. The number of thiazole rings is 1. The van der Waals surface area contributed by atoms with E-state index in [9.17, 15) is 0 Å². The molecule has 0 aliphatic carbocycles. The fraction of sp³-hybridized carbons (Fsp3) is 0.471. The van der Waals surface area contributed by atoms with Gasteiger partial charge in [-0.15, -0.1) is 11.3 Å². The molecule has 1 atom stereocenters. The Morgan fingerprint density at radius 2 is 2.05 bits per heavy atom. The van der Waals surface area contributed by atoms with Gasteiger partial charge in [0.15, 0.2) is 0 Å². The number of hydrogen-bond donors (Lipinski definition) is 1. The summed E-state index contributed by atoms with van der Waals surface area (Å²) in [6, 6.07) is 9.28. The first-order chi connectivity index (χ1) is 9.58. The topological polar surface area (TPSA) is 24.9 Å². The summed E-state index contributed by atoms with van der Waals surface area (Å²) in [4.78, 5) is 4.57. The third-order valence-electron chi connectivity index (χ3n) is 3.43. The van der Waals surface area contributed by atoms with Crippen LogP contribution in [0.3, 0.4) is 0 Å². The summed E-state index contributed by atoms with van der Waals surface area (Å²) in [6.07, 6.45) is 2.09. The molecule has 108 valence electrons. The van der Waals surface area contributed by atoms with Crippen molar-refractivity contribution in [2.75, 3.05) is 7.05 Å². The molecule has 0 saturated carbocycles. The minimum Gasteiger partial charge on any atom is -0.313 e. The second kappa shape index (κ2) is 7.00. The summed E-state index contributed by atoms with van der Waals surface area (Å²) >= 11 is 1.72. The largest absolute Gasteiger partial charge is 0.313 e. The maximum Gasteiger partial charge on any atom is 0.0897 e. The molecule has 2 aromatic rings. The van der Waals surface area contributed by atoms with Crippen LogP contribution in [0.1, 0.15) is 41.7 Å². The zero-order valence-corrected chi connectivity index (χ0v) is 13.6. The van der Waals surface area contributed by atoms with Gasteiger partial charge in [-0.3, -0.25) is 0 Å². The number of rotatable bonds is 6. The number of benzene rings is 1. The molecule has 0 spiro atoms. The first-order valence-corrected chi connectivity index (χ1v) is 8.13. The molecule has 1 unspecified atom stereocenters. The SMILES string of the molecule is CNC(Cc1csc(C)n1)c1cccc(CC(C)C)c1. The third kappa shape index (κ3) is 4.15. The van der Waals surface area contributed by atoms with Gasteiger partial charge >= 0.3 is 0 Å². The molecular formula is C17H24N2S. The molecule has 1 aromatic heterocycles. The Balaban J connectivity index is 2.14. The van der Waals surface area contributed by atoms with E-state index in [4.69, 9.17) is 0 Å². The van der Waals surface area contributed by atoms with Crippen molar-refractivity contribution in [3.63, 3.8) is 0 Å². The van der Waals surface area contributed by atoms with E-state index in [0.29, 0.717) is 12.0 Å². The summed E-state index contributed by atoms with van der Waals surface area (Å²) in [5.41, 5.74) is 3.96. The summed E-state index contributed by atoms with van der Waals surface area (Å²) in [5, 5.41) is 6.73. The molecule has 1 aromatic carbocycles. The van der Waals surface area contributed by atoms with Gasteiger partial charge in [-0.05, 0) is 37.4 Å². The predicted molar refractivity (Wildman–Crippen MR) is 87.3 cm³/mol. The molecule has 2 nitrogen and oxygen atoms in total. The molecule has 1 heterocycles. The highest BCUT2D eigenvalue weighted by molar-refractivity contribution is 7.09. The minimum atomic E-state index is 0.337. The van der Waals surface area contributed by atoms with Crippen LogP contribution in [0, 0.1) is 12.8 Å². The maximum absolute atomic E-state index is 4.57. The molecule has 0 radical (unpaired) electrons. The lowest BCUT2D eigenvalue weighted by Gasteiger charge is -2.17. The Bertz CT molecular complexity index is 545. The highest BCUT2D eigenvalue weighted by atomic mass is 32.1. The van der Waals surface area contributed by atoms with E-state index < -0.39 is 0 Å². The van der Waals surface area contributed by atoms with Crippen molar-refractivity contribution in [2.24, 2.45) is 5.92 Å². The fourth-order valence-corrected chi connectivity index (χ4v) is 3.13. The molecule has 1 N–H and O–H groups in total. The highest BCUT2D eigenvalue weighted by Gasteiger charge is 2.12. The Kier molecular flexibility index (Phi) is 5.32. The Morgan fingerprint density at radius 1 is 1.25 bits per heavy atom. The molecule has 0 bridgehead atoms. The first kappa shape index (κ1) is 15.2. The van der Waals surface area contributed by atoms with E-state index in [1.807, 2.05) is 7.05 Å². The molecule has 0 saturated heterocycles. The van der Waals surface area contributed by atoms with Crippen molar-refractivity contribution in [2.45, 2.75) is 39.7 Å². The molecule has 0 amide bonds. The van der Waals surface area contributed by atoms with E-state index in [0.717, 1.165) is 17.8 Å². The van der Waals surface area contributed by atoms with Gasteiger partial charge in [-0.25, -0.2) is 4.98 Å². The van der Waals surface area contributed by atoms with Crippen molar-refractivity contribution in [3.8, 4) is 0 Å². The Morgan fingerprint density at radius 3 is 2.65 bits per heavy atom. The number of nitrogens with one attached hydrogen (secondary N) is 1. The van der Waals surface area contributed by atoms with Gasteiger partial charge in [0.25, 0.3) is 0 Å². The van der Waals surface area contributed by atoms with E-state index in [2.05, 4.69) is 60.7 Å². The second-order valence-electron chi connectivity index (χ2n) is 5.75. The quantitative estimate of drug-likeness (QED) is 0.863. The monoisotopic (exact) mass is 288 g/mol. The van der Waals surface area contributed by atoms with E-state index in [1.54, 1.807) is 11.3 Å². The maximum atomic E-state index is 4.57. The lowest BCUT2D eigenvalue weighted by atomic mass is 9.96. The molecule has 0 aliphatic heterocycles. The van der Waals surface area contributed by atoms with Crippen LogP contribution in [0.5, 0.6) is 0 Å². The highest BCUT2D eigenvalue weighted by Crippen LogP contribution is 2.21. The number of hydrogen-bond acceptors (Lipinski definition) is 3. The average Bonchev–Trinajstić information content (AvgIpc) is 2.81. The standard InChI is InChI=1S/C17H24N2S/c1-12(2)8-14-6-5-7-15(9-14)17(18-4)10-16-11-20-13(3)19-16/h5-7,9,11-12,17-18H,8,10H2,1-4H3. The van der Waals surface area contributed by atoms with Crippen LogP contribution in [0.2, 0.25) is 0 Å². The predicted octanol–water partition coefficient (Wildman–Crippen LogP) is 4.15. The van der Waals surface area contributed by atoms with Gasteiger partial charge in [0, 0.05) is 17.8 Å². The van der Waals surface area contributed by atoms with Gasteiger partial charge in [-0.2, -0.15) is 0 Å². The smallest absolute Gasteiger partial charge is 0.0897 e. The van der Waals surface area contributed by atoms with Crippen LogP contribution < -0.4 is 5.32 Å². The molecule has 0 fully saturated rings. The van der Waals surface area contributed by atoms with E-state index >= 15 is 0 Å². The van der Waals surface area contributed by atoms with Crippen LogP contribution in [0.25, 0.3) is 0 Å². The lowest BCUT2D eigenvalue weighted by molar-refractivity contribution is 0.583. The van der Waals surface area contributed by atoms with Crippen molar-refractivity contribution in [1.29, 1.82) is 0 Å². The summed E-state index contributed by atoms with van der Waals surface area (Å²) in [6.45, 7) is 6.59. The lowest BCUT2D eigenvalue weighted by Crippen LogP contribution is -2.19. The Labute approximate surface area is 126 Å². The van der Waals surface area contributed by atoms with Crippen molar-refractivity contribution < 1.29 is 0 Å². The summed E-state index contributed by atoms with van der Waals surface area (Å²) < 4.78 is 0. The third-order valence-corrected chi connectivity index (χ3v) is 4.25. The number of likely N-dealkylation sites (N-methyl/N-ethyl adjacent to an activating group) is 1. The van der Waals surface area contributed by atoms with Gasteiger partial charge in [-0.1, -0.05) is 38.1 Å².